The lowest BCUT2D eigenvalue weighted by molar-refractivity contribution is -0.134. The topological polar surface area (TPSA) is 91.3 Å². The maximum absolute atomic E-state index is 11.4. The number of carboxylic acid groups (broad SMARTS) is 1. The Kier molecular flexibility index (Phi) is 5.09. The van der Waals surface area contributed by atoms with Crippen LogP contribution in [0.25, 0.3) is 0 Å². The molecule has 0 aliphatic carbocycles. The number of aliphatic carboxylic acids is 1. The van der Waals surface area contributed by atoms with Crippen molar-refractivity contribution in [1.29, 1.82) is 0 Å². The molecule has 1 aliphatic rings. The second-order valence-electron chi connectivity index (χ2n) is 3.56. The molecule has 1 saturated heterocycles. The van der Waals surface area contributed by atoms with Crippen LogP contribution < -0.4 is 10.6 Å². The minimum absolute atomic E-state index is 0.0906. The summed E-state index contributed by atoms with van der Waals surface area (Å²) in [5.74, 6) is -0.924. The number of hydrogen-bond donors (Lipinski definition) is 3. The molecule has 0 radical (unpaired) electrons. The Balaban J connectivity index is 0.000000317. The highest BCUT2D eigenvalue weighted by atomic mass is 16.4. The van der Waals surface area contributed by atoms with E-state index in [1.54, 1.807) is 24.4 Å². The average molecular weight is 237 g/mol. The van der Waals surface area contributed by atoms with Gasteiger partial charge < -0.3 is 15.7 Å². The number of carbonyl (C=O) groups excluding carboxylic acids is 1. The summed E-state index contributed by atoms with van der Waals surface area (Å²) in [4.78, 5) is 24.4. The Hall–Kier alpha value is -1.95. The van der Waals surface area contributed by atoms with Gasteiger partial charge in [0.05, 0.1) is 6.04 Å². The second kappa shape index (κ2) is 6.59. The van der Waals surface area contributed by atoms with Gasteiger partial charge in [-0.05, 0) is 12.1 Å². The number of amides is 1. The van der Waals surface area contributed by atoms with Gasteiger partial charge in [0.1, 0.15) is 5.69 Å². The molecule has 2 rings (SSSR count). The van der Waals surface area contributed by atoms with Crippen molar-refractivity contribution >= 4 is 11.9 Å². The van der Waals surface area contributed by atoms with E-state index in [0.717, 1.165) is 20.0 Å². The fraction of sp³-hybridized carbons (Fsp3) is 0.364. The Morgan fingerprint density at radius 1 is 1.47 bits per heavy atom. The lowest BCUT2D eigenvalue weighted by atomic mass is 10.2. The van der Waals surface area contributed by atoms with Crippen molar-refractivity contribution in [1.82, 2.24) is 15.6 Å². The van der Waals surface area contributed by atoms with Gasteiger partial charge in [0.25, 0.3) is 11.9 Å². The normalized spacial score (nSPS) is 13.9. The van der Waals surface area contributed by atoms with Gasteiger partial charge in [-0.1, -0.05) is 6.07 Å². The predicted molar refractivity (Wildman–Crippen MR) is 61.7 cm³/mol. The molecule has 1 aliphatic heterocycles. The molecule has 0 unspecified atom stereocenters. The first kappa shape index (κ1) is 13.1. The van der Waals surface area contributed by atoms with Gasteiger partial charge in [-0.3, -0.25) is 14.6 Å². The Morgan fingerprint density at radius 2 is 2.12 bits per heavy atom. The number of nitrogens with one attached hydrogen (secondary N) is 2. The van der Waals surface area contributed by atoms with Crippen LogP contribution in [-0.4, -0.2) is 41.1 Å². The summed E-state index contributed by atoms with van der Waals surface area (Å²) in [5.41, 5.74) is 0.481. The van der Waals surface area contributed by atoms with Crippen LogP contribution in [0.15, 0.2) is 24.4 Å². The number of aromatic nitrogens is 1. The average Bonchev–Trinajstić information content (AvgIpc) is 2.24. The molecule has 3 N–H and O–H groups in total. The fourth-order valence-electron chi connectivity index (χ4n) is 1.15. The summed E-state index contributed by atoms with van der Waals surface area (Å²) >= 11 is 0. The summed E-state index contributed by atoms with van der Waals surface area (Å²) in [6, 6.07) is 5.58. The molecule has 0 bridgehead atoms. The number of nitrogens with zero attached hydrogens (tertiary/aromatic N) is 1. The van der Waals surface area contributed by atoms with E-state index in [9.17, 15) is 4.79 Å². The van der Waals surface area contributed by atoms with Crippen LogP contribution in [0.3, 0.4) is 0 Å². The van der Waals surface area contributed by atoms with E-state index in [1.807, 2.05) is 0 Å². The Labute approximate surface area is 99.1 Å². The number of rotatable bonds is 2. The third-order valence-electron chi connectivity index (χ3n) is 2.01. The van der Waals surface area contributed by atoms with Crippen LogP contribution in [0.4, 0.5) is 0 Å². The summed E-state index contributed by atoms with van der Waals surface area (Å²) in [6.07, 6.45) is 1.62. The van der Waals surface area contributed by atoms with Gasteiger partial charge >= 0.3 is 0 Å². The molecule has 6 heteroatoms. The van der Waals surface area contributed by atoms with E-state index < -0.39 is 5.97 Å². The van der Waals surface area contributed by atoms with Crippen molar-refractivity contribution in [2.24, 2.45) is 0 Å². The van der Waals surface area contributed by atoms with E-state index in [4.69, 9.17) is 9.90 Å². The fourth-order valence-corrected chi connectivity index (χ4v) is 1.15. The minimum Gasteiger partial charge on any atom is -0.481 e. The van der Waals surface area contributed by atoms with E-state index >= 15 is 0 Å². The molecule has 1 amide bonds. The minimum atomic E-state index is -0.833. The third-order valence-corrected chi connectivity index (χ3v) is 2.01. The van der Waals surface area contributed by atoms with E-state index in [1.165, 1.54) is 0 Å². The van der Waals surface area contributed by atoms with Gasteiger partial charge in [-0.15, -0.1) is 0 Å². The number of hydrogen-bond acceptors (Lipinski definition) is 4. The zero-order chi connectivity index (χ0) is 12.7. The smallest absolute Gasteiger partial charge is 0.300 e. The standard InChI is InChI=1S/C9H11N3O.C2H4O2/c13-9(12-7-5-10-6-7)8-3-1-2-4-11-8;1-2(3)4/h1-4,7,10H,5-6H2,(H,12,13);1H3,(H,3,4). The molecule has 2 heterocycles. The van der Waals surface area contributed by atoms with Crippen LogP contribution in [0.5, 0.6) is 0 Å². The quantitative estimate of drug-likeness (QED) is 0.666. The van der Waals surface area contributed by atoms with Gasteiger partial charge in [0.15, 0.2) is 0 Å². The highest BCUT2D eigenvalue weighted by Gasteiger charge is 2.19. The van der Waals surface area contributed by atoms with Gasteiger partial charge in [0.2, 0.25) is 0 Å². The Morgan fingerprint density at radius 3 is 2.53 bits per heavy atom. The first-order valence-corrected chi connectivity index (χ1v) is 5.21. The molecule has 92 valence electrons. The summed E-state index contributed by atoms with van der Waals surface area (Å²) in [6.45, 7) is 2.80. The molecule has 0 saturated carbocycles. The van der Waals surface area contributed by atoms with E-state index in [0.29, 0.717) is 5.69 Å². The molecule has 1 aromatic rings. The van der Waals surface area contributed by atoms with Crippen LogP contribution in [0, 0.1) is 0 Å². The zero-order valence-electron chi connectivity index (χ0n) is 9.51. The van der Waals surface area contributed by atoms with Crippen molar-refractivity contribution in [3.63, 3.8) is 0 Å². The second-order valence-corrected chi connectivity index (χ2v) is 3.56. The highest BCUT2D eigenvalue weighted by Crippen LogP contribution is 1.96. The molecular weight excluding hydrogens is 222 g/mol. The predicted octanol–water partition coefficient (Wildman–Crippen LogP) is -0.126. The lowest BCUT2D eigenvalue weighted by Crippen LogP contribution is -2.57. The Bertz CT molecular complexity index is 373. The number of carbonyl (C=O) groups is 2. The van der Waals surface area contributed by atoms with Crippen LogP contribution in [0.1, 0.15) is 17.4 Å². The van der Waals surface area contributed by atoms with Crippen LogP contribution in [0.2, 0.25) is 0 Å². The van der Waals surface area contributed by atoms with Gasteiger partial charge in [-0.2, -0.15) is 0 Å². The van der Waals surface area contributed by atoms with Crippen molar-refractivity contribution < 1.29 is 14.7 Å². The molecule has 1 aromatic heterocycles. The zero-order valence-corrected chi connectivity index (χ0v) is 9.51. The summed E-state index contributed by atoms with van der Waals surface area (Å²) in [7, 11) is 0. The highest BCUT2D eigenvalue weighted by molar-refractivity contribution is 5.92. The molecule has 1 fully saturated rings. The SMILES string of the molecule is CC(=O)O.O=C(NC1CNC1)c1ccccn1. The summed E-state index contributed by atoms with van der Waals surface area (Å²) in [5, 5.41) is 13.4. The maximum Gasteiger partial charge on any atom is 0.300 e. The largest absolute Gasteiger partial charge is 0.481 e. The summed E-state index contributed by atoms with van der Waals surface area (Å²) < 4.78 is 0. The van der Waals surface area contributed by atoms with Crippen LogP contribution >= 0.6 is 0 Å². The molecule has 0 atom stereocenters. The van der Waals surface area contributed by atoms with Gasteiger partial charge in [-0.25, -0.2) is 0 Å². The first-order valence-electron chi connectivity index (χ1n) is 5.21. The maximum atomic E-state index is 11.4. The molecular formula is C11H15N3O3. The van der Waals surface area contributed by atoms with Crippen molar-refractivity contribution in [3.8, 4) is 0 Å². The molecule has 17 heavy (non-hydrogen) atoms. The number of pyridine rings is 1. The first-order chi connectivity index (χ1) is 8.09. The molecule has 6 nitrogen and oxygen atoms in total. The van der Waals surface area contributed by atoms with E-state index in [-0.39, 0.29) is 11.9 Å². The van der Waals surface area contributed by atoms with Gasteiger partial charge in [0, 0.05) is 26.2 Å². The monoisotopic (exact) mass is 237 g/mol. The van der Waals surface area contributed by atoms with Crippen molar-refractivity contribution in [2.45, 2.75) is 13.0 Å². The van der Waals surface area contributed by atoms with E-state index in [2.05, 4.69) is 15.6 Å². The molecule has 0 aromatic carbocycles. The third kappa shape index (κ3) is 5.07. The van der Waals surface area contributed by atoms with Crippen molar-refractivity contribution in [3.05, 3.63) is 30.1 Å². The van der Waals surface area contributed by atoms with Crippen LogP contribution in [-0.2, 0) is 4.79 Å². The van der Waals surface area contributed by atoms with Crippen molar-refractivity contribution in [2.75, 3.05) is 13.1 Å². The molecule has 0 spiro atoms. The number of carboxylic acids is 1. The lowest BCUT2D eigenvalue weighted by Gasteiger charge is -2.27.